The van der Waals surface area contributed by atoms with E-state index >= 15 is 0 Å². The maximum Gasteiger partial charge on any atom is 0.118 e. The molecule has 0 aliphatic heterocycles. The second-order valence-electron chi connectivity index (χ2n) is 5.37. The molecule has 0 radical (unpaired) electrons. The minimum Gasteiger partial charge on any atom is -0.497 e. The Hall–Kier alpha value is -1.81. The van der Waals surface area contributed by atoms with Gasteiger partial charge in [0.15, 0.2) is 0 Å². The Kier molecular flexibility index (Phi) is 5.81. The summed E-state index contributed by atoms with van der Waals surface area (Å²) in [6, 6.07) is 8.84. The summed E-state index contributed by atoms with van der Waals surface area (Å²) in [7, 11) is 3.66. The molecule has 1 aromatic heterocycles. The van der Waals surface area contributed by atoms with E-state index in [9.17, 15) is 0 Å². The molecule has 0 saturated heterocycles. The summed E-state index contributed by atoms with van der Waals surface area (Å²) in [5, 5.41) is 7.80. The monoisotopic (exact) mass is 287 g/mol. The molecule has 1 unspecified atom stereocenters. The van der Waals surface area contributed by atoms with Crippen molar-refractivity contribution in [3.63, 3.8) is 0 Å². The normalized spacial score (nSPS) is 12.3. The van der Waals surface area contributed by atoms with E-state index in [1.807, 2.05) is 30.1 Å². The summed E-state index contributed by atoms with van der Waals surface area (Å²) in [6.45, 7) is 3.15. The van der Waals surface area contributed by atoms with Gasteiger partial charge in [-0.15, -0.1) is 0 Å². The van der Waals surface area contributed by atoms with Gasteiger partial charge in [0, 0.05) is 19.3 Å². The third-order valence-electron chi connectivity index (χ3n) is 3.67. The number of hydrogen-bond acceptors (Lipinski definition) is 3. The summed E-state index contributed by atoms with van der Waals surface area (Å²) in [4.78, 5) is 0. The lowest BCUT2D eigenvalue weighted by Gasteiger charge is -2.17. The first-order valence-electron chi connectivity index (χ1n) is 7.55. The van der Waals surface area contributed by atoms with Crippen LogP contribution in [0.15, 0.2) is 36.7 Å². The highest BCUT2D eigenvalue weighted by molar-refractivity contribution is 5.27. The average Bonchev–Trinajstić information content (AvgIpc) is 2.91. The standard InChI is InChI=1S/C17H25N3O/c1-4-18-16(8-5-15-12-19-20(2)13-15)11-14-6-9-17(21-3)10-7-14/h6-7,9-10,12-13,16,18H,4-5,8,11H2,1-3H3. The summed E-state index contributed by atoms with van der Waals surface area (Å²) >= 11 is 0. The van der Waals surface area contributed by atoms with Crippen LogP contribution in [0.3, 0.4) is 0 Å². The van der Waals surface area contributed by atoms with Crippen molar-refractivity contribution in [2.24, 2.45) is 7.05 Å². The molecule has 1 aromatic carbocycles. The van der Waals surface area contributed by atoms with Crippen LogP contribution < -0.4 is 10.1 Å². The second kappa shape index (κ2) is 7.84. The zero-order valence-corrected chi connectivity index (χ0v) is 13.2. The van der Waals surface area contributed by atoms with Gasteiger partial charge in [-0.2, -0.15) is 5.10 Å². The van der Waals surface area contributed by atoms with Crippen LogP contribution >= 0.6 is 0 Å². The van der Waals surface area contributed by atoms with Crippen LogP contribution in [0.25, 0.3) is 0 Å². The third-order valence-corrected chi connectivity index (χ3v) is 3.67. The van der Waals surface area contributed by atoms with Gasteiger partial charge in [-0.25, -0.2) is 0 Å². The van der Waals surface area contributed by atoms with Gasteiger partial charge < -0.3 is 10.1 Å². The van der Waals surface area contributed by atoms with Crippen molar-refractivity contribution >= 4 is 0 Å². The summed E-state index contributed by atoms with van der Waals surface area (Å²) in [6.07, 6.45) is 7.26. The molecule has 0 bridgehead atoms. The molecule has 1 N–H and O–H groups in total. The van der Waals surface area contributed by atoms with E-state index in [0.717, 1.165) is 31.6 Å². The lowest BCUT2D eigenvalue weighted by Crippen LogP contribution is -2.31. The van der Waals surface area contributed by atoms with Gasteiger partial charge in [-0.3, -0.25) is 4.68 Å². The Balaban J connectivity index is 1.91. The number of aryl methyl sites for hydroxylation is 2. The lowest BCUT2D eigenvalue weighted by molar-refractivity contribution is 0.414. The van der Waals surface area contributed by atoms with Crippen molar-refractivity contribution in [1.82, 2.24) is 15.1 Å². The molecule has 0 aliphatic rings. The highest BCUT2D eigenvalue weighted by Crippen LogP contribution is 2.14. The van der Waals surface area contributed by atoms with Crippen LogP contribution in [0.1, 0.15) is 24.5 Å². The molecular weight excluding hydrogens is 262 g/mol. The zero-order chi connectivity index (χ0) is 15.1. The van der Waals surface area contributed by atoms with Gasteiger partial charge in [0.25, 0.3) is 0 Å². The SMILES string of the molecule is CCNC(CCc1cnn(C)c1)Cc1ccc(OC)cc1. The predicted octanol–water partition coefficient (Wildman–Crippen LogP) is 2.58. The summed E-state index contributed by atoms with van der Waals surface area (Å²) in [5.74, 6) is 0.911. The van der Waals surface area contributed by atoms with Gasteiger partial charge in [0.2, 0.25) is 0 Å². The van der Waals surface area contributed by atoms with Crippen LogP contribution in [0.2, 0.25) is 0 Å². The molecule has 2 rings (SSSR count). The van der Waals surface area contributed by atoms with E-state index in [0.29, 0.717) is 6.04 Å². The molecule has 0 saturated carbocycles. The number of likely N-dealkylation sites (N-methyl/N-ethyl adjacent to an activating group) is 1. The fraction of sp³-hybridized carbons (Fsp3) is 0.471. The summed E-state index contributed by atoms with van der Waals surface area (Å²) in [5.41, 5.74) is 2.64. The number of ether oxygens (including phenoxy) is 1. The van der Waals surface area contributed by atoms with Gasteiger partial charge in [-0.1, -0.05) is 19.1 Å². The van der Waals surface area contributed by atoms with Gasteiger partial charge in [0.05, 0.1) is 13.3 Å². The maximum absolute atomic E-state index is 5.20. The third kappa shape index (κ3) is 4.90. The first-order valence-corrected chi connectivity index (χ1v) is 7.55. The smallest absolute Gasteiger partial charge is 0.118 e. The first kappa shape index (κ1) is 15.6. The molecule has 4 heteroatoms. The molecule has 0 aliphatic carbocycles. The first-order chi connectivity index (χ1) is 10.2. The lowest BCUT2D eigenvalue weighted by atomic mass is 10.00. The summed E-state index contributed by atoms with van der Waals surface area (Å²) < 4.78 is 7.07. The number of rotatable bonds is 8. The molecular formula is C17H25N3O. The fourth-order valence-corrected chi connectivity index (χ4v) is 2.55. The predicted molar refractivity (Wildman–Crippen MR) is 85.7 cm³/mol. The molecule has 2 aromatic rings. The van der Waals surface area contributed by atoms with Crippen molar-refractivity contribution in [1.29, 1.82) is 0 Å². The number of methoxy groups -OCH3 is 1. The number of benzene rings is 1. The number of hydrogen-bond donors (Lipinski definition) is 1. The maximum atomic E-state index is 5.20. The number of nitrogens with one attached hydrogen (secondary N) is 1. The Bertz CT molecular complexity index is 533. The molecule has 4 nitrogen and oxygen atoms in total. The van der Waals surface area contributed by atoms with Crippen LogP contribution in [-0.4, -0.2) is 29.5 Å². The van der Waals surface area contributed by atoms with E-state index in [4.69, 9.17) is 4.74 Å². The van der Waals surface area contributed by atoms with Gasteiger partial charge in [0.1, 0.15) is 5.75 Å². The second-order valence-corrected chi connectivity index (χ2v) is 5.37. The van der Waals surface area contributed by atoms with E-state index in [1.54, 1.807) is 7.11 Å². The van der Waals surface area contributed by atoms with Crippen LogP contribution in [-0.2, 0) is 19.9 Å². The molecule has 1 heterocycles. The van der Waals surface area contributed by atoms with Crippen molar-refractivity contribution < 1.29 is 4.74 Å². The Morgan fingerprint density at radius 1 is 1.24 bits per heavy atom. The van der Waals surface area contributed by atoms with Crippen LogP contribution in [0.4, 0.5) is 0 Å². The van der Waals surface area contributed by atoms with E-state index in [1.165, 1.54) is 11.1 Å². The van der Waals surface area contributed by atoms with Crippen LogP contribution in [0, 0.1) is 0 Å². The van der Waals surface area contributed by atoms with Crippen LogP contribution in [0.5, 0.6) is 5.75 Å². The van der Waals surface area contributed by atoms with Crippen molar-refractivity contribution in [3.05, 3.63) is 47.8 Å². The largest absolute Gasteiger partial charge is 0.497 e. The Morgan fingerprint density at radius 2 is 2.00 bits per heavy atom. The topological polar surface area (TPSA) is 39.1 Å². The highest BCUT2D eigenvalue weighted by atomic mass is 16.5. The quantitative estimate of drug-likeness (QED) is 0.811. The molecule has 0 spiro atoms. The van der Waals surface area contributed by atoms with E-state index in [-0.39, 0.29) is 0 Å². The minimum atomic E-state index is 0.489. The molecule has 0 amide bonds. The fourth-order valence-electron chi connectivity index (χ4n) is 2.55. The minimum absolute atomic E-state index is 0.489. The van der Waals surface area contributed by atoms with E-state index < -0.39 is 0 Å². The molecule has 114 valence electrons. The molecule has 0 fully saturated rings. The van der Waals surface area contributed by atoms with Crippen molar-refractivity contribution in [2.75, 3.05) is 13.7 Å². The van der Waals surface area contributed by atoms with Gasteiger partial charge >= 0.3 is 0 Å². The Morgan fingerprint density at radius 3 is 2.57 bits per heavy atom. The Labute approximate surface area is 127 Å². The number of aromatic nitrogens is 2. The zero-order valence-electron chi connectivity index (χ0n) is 13.2. The van der Waals surface area contributed by atoms with E-state index in [2.05, 4.69) is 35.7 Å². The van der Waals surface area contributed by atoms with Crippen molar-refractivity contribution in [2.45, 2.75) is 32.2 Å². The highest BCUT2D eigenvalue weighted by Gasteiger charge is 2.09. The number of nitrogens with zero attached hydrogens (tertiary/aromatic N) is 2. The molecule has 21 heavy (non-hydrogen) atoms. The average molecular weight is 287 g/mol. The molecule has 1 atom stereocenters. The van der Waals surface area contributed by atoms with Crippen molar-refractivity contribution in [3.8, 4) is 5.75 Å². The van der Waals surface area contributed by atoms with Gasteiger partial charge in [-0.05, 0) is 49.1 Å².